The smallest absolute Gasteiger partial charge is 0.123 e. The maximum Gasteiger partial charge on any atom is 0.123 e. The Hall–Kier alpha value is -0.970. The van der Waals surface area contributed by atoms with E-state index in [4.69, 9.17) is 0 Å². The molecule has 4 heteroatoms. The fourth-order valence-electron chi connectivity index (χ4n) is 3.08. The van der Waals surface area contributed by atoms with Gasteiger partial charge < -0.3 is 10.4 Å². The number of nitrogens with zero attached hydrogens (tertiary/aromatic N) is 1. The highest BCUT2D eigenvalue weighted by molar-refractivity contribution is 5.30. The van der Waals surface area contributed by atoms with Gasteiger partial charge in [0, 0.05) is 25.7 Å². The van der Waals surface area contributed by atoms with Crippen LogP contribution in [0.5, 0.6) is 0 Å². The van der Waals surface area contributed by atoms with Gasteiger partial charge in [-0.05, 0) is 42.6 Å². The van der Waals surface area contributed by atoms with Crippen molar-refractivity contribution in [2.45, 2.75) is 31.5 Å². The van der Waals surface area contributed by atoms with Crippen LogP contribution in [0.4, 0.5) is 4.39 Å². The van der Waals surface area contributed by atoms with Crippen molar-refractivity contribution in [3.8, 4) is 0 Å². The molecule has 1 fully saturated rings. The molecule has 18 heavy (non-hydrogen) atoms. The Morgan fingerprint density at radius 3 is 3.06 bits per heavy atom. The van der Waals surface area contributed by atoms with Crippen molar-refractivity contribution in [1.82, 2.24) is 10.2 Å². The van der Waals surface area contributed by atoms with Crippen LogP contribution >= 0.6 is 0 Å². The van der Waals surface area contributed by atoms with Crippen LogP contribution in [0.25, 0.3) is 0 Å². The molecule has 1 aromatic carbocycles. The van der Waals surface area contributed by atoms with Crippen molar-refractivity contribution in [3.63, 3.8) is 0 Å². The van der Waals surface area contributed by atoms with Crippen LogP contribution in [0.15, 0.2) is 18.2 Å². The van der Waals surface area contributed by atoms with Gasteiger partial charge in [0.25, 0.3) is 0 Å². The number of benzene rings is 1. The Kier molecular flexibility index (Phi) is 3.33. The summed E-state index contributed by atoms with van der Waals surface area (Å²) in [5.41, 5.74) is 2.32. The molecule has 0 amide bonds. The molecule has 0 bridgehead atoms. The van der Waals surface area contributed by atoms with E-state index >= 15 is 0 Å². The first-order chi connectivity index (χ1) is 8.74. The molecule has 0 aromatic heterocycles. The molecule has 3 rings (SSSR count). The molecule has 1 aromatic rings. The largest absolute Gasteiger partial charge is 0.390 e. The van der Waals surface area contributed by atoms with Gasteiger partial charge in [0.15, 0.2) is 0 Å². The molecular formula is C14H19FN2O. The molecule has 0 radical (unpaired) electrons. The second-order valence-corrected chi connectivity index (χ2v) is 5.26. The number of hydrogen-bond donors (Lipinski definition) is 2. The second-order valence-electron chi connectivity index (χ2n) is 5.26. The highest BCUT2D eigenvalue weighted by atomic mass is 19.1. The van der Waals surface area contributed by atoms with E-state index < -0.39 is 0 Å². The molecule has 2 aliphatic heterocycles. The SMILES string of the molecule is O[C@@H]1CNCC[C@H]1N1CCc2cc(F)ccc2C1. The zero-order valence-corrected chi connectivity index (χ0v) is 10.4. The summed E-state index contributed by atoms with van der Waals surface area (Å²) in [6, 6.07) is 5.29. The summed E-state index contributed by atoms with van der Waals surface area (Å²) < 4.78 is 13.1. The maximum atomic E-state index is 13.1. The molecule has 0 aliphatic carbocycles. The monoisotopic (exact) mass is 250 g/mol. The number of aliphatic hydroxyl groups is 1. The van der Waals surface area contributed by atoms with Gasteiger partial charge in [-0.25, -0.2) is 4.39 Å². The summed E-state index contributed by atoms with van der Waals surface area (Å²) in [6.07, 6.45) is 1.57. The van der Waals surface area contributed by atoms with Crippen molar-refractivity contribution < 1.29 is 9.50 Å². The van der Waals surface area contributed by atoms with Crippen LogP contribution in [-0.2, 0) is 13.0 Å². The average molecular weight is 250 g/mol. The fraction of sp³-hybridized carbons (Fsp3) is 0.571. The van der Waals surface area contributed by atoms with Gasteiger partial charge in [-0.1, -0.05) is 6.07 Å². The number of hydrogen-bond acceptors (Lipinski definition) is 3. The molecule has 0 unspecified atom stereocenters. The van der Waals surface area contributed by atoms with Crippen LogP contribution in [0, 0.1) is 5.82 Å². The van der Waals surface area contributed by atoms with E-state index in [9.17, 15) is 9.50 Å². The minimum Gasteiger partial charge on any atom is -0.390 e. The Morgan fingerprint density at radius 2 is 2.22 bits per heavy atom. The third kappa shape index (κ3) is 2.28. The van der Waals surface area contributed by atoms with E-state index in [1.165, 1.54) is 11.6 Å². The van der Waals surface area contributed by atoms with Gasteiger partial charge in [-0.15, -0.1) is 0 Å². The third-order valence-corrected chi connectivity index (χ3v) is 4.09. The number of fused-ring (bicyclic) bond motifs is 1. The lowest BCUT2D eigenvalue weighted by Gasteiger charge is -2.40. The molecule has 2 atom stereocenters. The molecular weight excluding hydrogens is 231 g/mol. The van der Waals surface area contributed by atoms with Crippen LogP contribution < -0.4 is 5.32 Å². The normalized spacial score (nSPS) is 29.0. The zero-order valence-electron chi connectivity index (χ0n) is 10.4. The van der Waals surface area contributed by atoms with E-state index in [1.54, 1.807) is 6.07 Å². The molecule has 98 valence electrons. The highest BCUT2D eigenvalue weighted by Crippen LogP contribution is 2.24. The van der Waals surface area contributed by atoms with Crippen molar-refractivity contribution in [2.24, 2.45) is 0 Å². The molecule has 1 saturated heterocycles. The first-order valence-corrected chi connectivity index (χ1v) is 6.64. The topological polar surface area (TPSA) is 35.5 Å². The van der Waals surface area contributed by atoms with Crippen LogP contribution in [0.3, 0.4) is 0 Å². The molecule has 0 saturated carbocycles. The quantitative estimate of drug-likeness (QED) is 0.777. The van der Waals surface area contributed by atoms with Gasteiger partial charge in [0.05, 0.1) is 6.10 Å². The van der Waals surface area contributed by atoms with Crippen LogP contribution in [-0.4, -0.2) is 41.8 Å². The molecule has 0 spiro atoms. The molecule has 2 N–H and O–H groups in total. The first-order valence-electron chi connectivity index (χ1n) is 6.64. The second kappa shape index (κ2) is 4.96. The highest BCUT2D eigenvalue weighted by Gasteiger charge is 2.30. The summed E-state index contributed by atoms with van der Waals surface area (Å²) in [5.74, 6) is -0.149. The Balaban J connectivity index is 1.76. The molecule has 2 aliphatic rings. The fourth-order valence-corrected chi connectivity index (χ4v) is 3.08. The van der Waals surface area contributed by atoms with Gasteiger partial charge in [0.1, 0.15) is 5.82 Å². The Morgan fingerprint density at radius 1 is 1.33 bits per heavy atom. The number of piperidine rings is 1. The van der Waals surface area contributed by atoms with E-state index in [1.807, 2.05) is 6.07 Å². The number of aliphatic hydroxyl groups excluding tert-OH is 1. The lowest BCUT2D eigenvalue weighted by Crippen LogP contribution is -2.53. The van der Waals surface area contributed by atoms with Gasteiger partial charge in [0.2, 0.25) is 0 Å². The van der Waals surface area contributed by atoms with Gasteiger partial charge in [-0.3, -0.25) is 4.90 Å². The number of rotatable bonds is 1. The van der Waals surface area contributed by atoms with E-state index in [0.29, 0.717) is 6.54 Å². The van der Waals surface area contributed by atoms with Crippen molar-refractivity contribution in [3.05, 3.63) is 35.1 Å². The summed E-state index contributed by atoms with van der Waals surface area (Å²) >= 11 is 0. The first kappa shape index (κ1) is 12.1. The summed E-state index contributed by atoms with van der Waals surface area (Å²) in [7, 11) is 0. The minimum absolute atomic E-state index is 0.149. The molecule has 2 heterocycles. The van der Waals surface area contributed by atoms with E-state index in [-0.39, 0.29) is 18.0 Å². The predicted molar refractivity (Wildman–Crippen MR) is 67.8 cm³/mol. The number of halogens is 1. The minimum atomic E-state index is -0.291. The summed E-state index contributed by atoms with van der Waals surface area (Å²) in [4.78, 5) is 2.34. The van der Waals surface area contributed by atoms with Gasteiger partial charge >= 0.3 is 0 Å². The van der Waals surface area contributed by atoms with E-state index in [2.05, 4.69) is 10.2 Å². The van der Waals surface area contributed by atoms with Crippen molar-refractivity contribution in [1.29, 1.82) is 0 Å². The summed E-state index contributed by atoms with van der Waals surface area (Å²) in [6.45, 7) is 3.39. The van der Waals surface area contributed by atoms with Crippen molar-refractivity contribution in [2.75, 3.05) is 19.6 Å². The molecule has 3 nitrogen and oxygen atoms in total. The van der Waals surface area contributed by atoms with E-state index in [0.717, 1.165) is 38.0 Å². The van der Waals surface area contributed by atoms with Gasteiger partial charge in [-0.2, -0.15) is 0 Å². The third-order valence-electron chi connectivity index (χ3n) is 4.09. The van der Waals surface area contributed by atoms with Crippen LogP contribution in [0.1, 0.15) is 17.5 Å². The number of nitrogens with one attached hydrogen (secondary N) is 1. The Bertz CT molecular complexity index is 438. The maximum absolute atomic E-state index is 13.1. The zero-order chi connectivity index (χ0) is 12.5. The predicted octanol–water partition coefficient (Wildman–Crippen LogP) is 0.907. The standard InChI is InChI=1S/C14H19FN2O/c15-12-2-1-11-9-17(6-4-10(11)7-12)13-3-5-16-8-14(13)18/h1-2,7,13-14,16,18H,3-6,8-9H2/t13-,14-/m1/s1. The average Bonchev–Trinajstić information content (AvgIpc) is 2.39. The summed E-state index contributed by atoms with van der Waals surface area (Å²) in [5, 5.41) is 13.3. The Labute approximate surface area is 107 Å². The van der Waals surface area contributed by atoms with Crippen LogP contribution in [0.2, 0.25) is 0 Å². The lowest BCUT2D eigenvalue weighted by atomic mass is 9.94. The lowest BCUT2D eigenvalue weighted by molar-refractivity contribution is 0.0220. The number of β-amino-alcohol motifs (C(OH)–C–C–N with tert-alkyl or cyclic N) is 1. The van der Waals surface area contributed by atoms with Crippen molar-refractivity contribution >= 4 is 0 Å².